The van der Waals surface area contributed by atoms with Crippen molar-refractivity contribution in [3.63, 3.8) is 0 Å². The van der Waals surface area contributed by atoms with Gasteiger partial charge in [-0.05, 0) is 71.4 Å². The molecule has 190 valence electrons. The van der Waals surface area contributed by atoms with Gasteiger partial charge in [-0.15, -0.1) is 0 Å². The largest absolute Gasteiger partial charge is 0.322 e. The number of anilines is 1. The molecule has 0 aromatic heterocycles. The predicted octanol–water partition coefficient (Wildman–Crippen LogP) is 9.73. The van der Waals surface area contributed by atoms with E-state index in [0.29, 0.717) is 5.56 Å². The summed E-state index contributed by atoms with van der Waals surface area (Å²) >= 11 is 0. The highest BCUT2D eigenvalue weighted by Gasteiger charge is 2.05. The molecule has 0 aliphatic rings. The number of hydrogen-bond acceptors (Lipinski definition) is 1. The molecular weight excluding hydrogens is 450 g/mol. The summed E-state index contributed by atoms with van der Waals surface area (Å²) in [5.41, 5.74) is 8.46. The van der Waals surface area contributed by atoms with E-state index in [1.54, 1.807) is 0 Å². The van der Waals surface area contributed by atoms with Crippen LogP contribution in [0.5, 0.6) is 0 Å². The van der Waals surface area contributed by atoms with E-state index in [4.69, 9.17) is 0 Å². The van der Waals surface area contributed by atoms with E-state index < -0.39 is 0 Å². The molecule has 37 heavy (non-hydrogen) atoms. The van der Waals surface area contributed by atoms with Gasteiger partial charge in [0, 0.05) is 11.3 Å². The molecule has 2 heteroatoms. The van der Waals surface area contributed by atoms with E-state index >= 15 is 0 Å². The molecule has 0 atom stereocenters. The number of allylic oxidation sites excluding steroid dienone is 15. The molecule has 0 saturated heterocycles. The molecule has 2 rings (SSSR count). The number of nitrogens with one attached hydrogen (secondary N) is 1. The van der Waals surface area contributed by atoms with Crippen LogP contribution in [0.25, 0.3) is 6.08 Å². The van der Waals surface area contributed by atoms with E-state index in [0.717, 1.165) is 22.4 Å². The lowest BCUT2D eigenvalue weighted by molar-refractivity contribution is 0.102. The fourth-order valence-corrected chi connectivity index (χ4v) is 3.14. The third kappa shape index (κ3) is 12.4. The Labute approximate surface area is 223 Å². The van der Waals surface area contributed by atoms with E-state index in [9.17, 15) is 4.79 Å². The van der Waals surface area contributed by atoms with Gasteiger partial charge in [0.25, 0.3) is 5.91 Å². The van der Waals surface area contributed by atoms with Gasteiger partial charge in [-0.25, -0.2) is 0 Å². The van der Waals surface area contributed by atoms with Crippen molar-refractivity contribution < 1.29 is 4.79 Å². The van der Waals surface area contributed by atoms with Gasteiger partial charge in [-0.1, -0.05) is 125 Å². The van der Waals surface area contributed by atoms with Crippen LogP contribution < -0.4 is 5.32 Å². The summed E-state index contributed by atoms with van der Waals surface area (Å²) in [5, 5.41) is 2.93. The van der Waals surface area contributed by atoms with Crippen molar-refractivity contribution in [3.8, 4) is 0 Å². The summed E-state index contributed by atoms with van der Waals surface area (Å²) in [6.45, 7) is 12.4. The van der Waals surface area contributed by atoms with Crippen LogP contribution in [0, 0.1) is 6.92 Å². The first-order valence-corrected chi connectivity index (χ1v) is 12.6. The Bertz CT molecular complexity index is 1270. The van der Waals surface area contributed by atoms with Crippen LogP contribution in [0.2, 0.25) is 0 Å². The lowest BCUT2D eigenvalue weighted by Gasteiger charge is -2.06. The molecule has 0 bridgehead atoms. The van der Waals surface area contributed by atoms with Crippen LogP contribution >= 0.6 is 0 Å². The van der Waals surface area contributed by atoms with Gasteiger partial charge < -0.3 is 5.32 Å². The number of aryl methyl sites for hydroxylation is 1. The third-order valence-electron chi connectivity index (χ3n) is 5.36. The van der Waals surface area contributed by atoms with Gasteiger partial charge in [-0.3, -0.25) is 4.79 Å². The van der Waals surface area contributed by atoms with Gasteiger partial charge in [0.15, 0.2) is 0 Å². The maximum atomic E-state index is 12.5. The molecule has 0 spiro atoms. The van der Waals surface area contributed by atoms with Gasteiger partial charge in [0.05, 0.1) is 0 Å². The first-order chi connectivity index (χ1) is 17.7. The SMILES string of the molecule is CC(C)=C/C=C/C(C)=C/C=C/C=C(C)/C=C/C=C(C)/C=C/c1ccc(C(=O)Nc2ccc(C)cc2)cc1. The Morgan fingerprint density at radius 2 is 1.14 bits per heavy atom. The summed E-state index contributed by atoms with van der Waals surface area (Å²) in [6, 6.07) is 15.4. The Morgan fingerprint density at radius 1 is 0.622 bits per heavy atom. The number of benzene rings is 2. The zero-order valence-corrected chi connectivity index (χ0v) is 23.0. The Hall–Kier alpha value is -4.17. The lowest BCUT2D eigenvalue weighted by Crippen LogP contribution is -2.11. The average molecular weight is 490 g/mol. The normalized spacial score (nSPS) is 13.3. The van der Waals surface area contributed by atoms with Crippen molar-refractivity contribution in [3.05, 3.63) is 154 Å². The second kappa shape index (κ2) is 15.7. The van der Waals surface area contributed by atoms with Crippen LogP contribution in [0.4, 0.5) is 5.69 Å². The molecule has 0 fully saturated rings. The van der Waals surface area contributed by atoms with E-state index in [2.05, 4.69) is 107 Å². The summed E-state index contributed by atoms with van der Waals surface area (Å²) in [5.74, 6) is -0.110. The monoisotopic (exact) mass is 489 g/mol. The van der Waals surface area contributed by atoms with Gasteiger partial charge in [0.1, 0.15) is 0 Å². The second-order valence-corrected chi connectivity index (χ2v) is 9.35. The van der Waals surface area contributed by atoms with E-state index in [-0.39, 0.29) is 5.91 Å². The minimum atomic E-state index is -0.110. The molecule has 1 amide bonds. The molecule has 1 N–H and O–H groups in total. The third-order valence-corrected chi connectivity index (χ3v) is 5.36. The molecule has 2 aromatic carbocycles. The van der Waals surface area contributed by atoms with Crippen molar-refractivity contribution >= 4 is 17.7 Å². The zero-order chi connectivity index (χ0) is 27.0. The van der Waals surface area contributed by atoms with Crippen LogP contribution in [-0.2, 0) is 0 Å². The fourth-order valence-electron chi connectivity index (χ4n) is 3.14. The van der Waals surface area contributed by atoms with Crippen molar-refractivity contribution in [1.29, 1.82) is 0 Å². The molecule has 2 aromatic rings. The van der Waals surface area contributed by atoms with Crippen molar-refractivity contribution in [2.24, 2.45) is 0 Å². The topological polar surface area (TPSA) is 29.1 Å². The molecule has 0 saturated carbocycles. The van der Waals surface area contributed by atoms with Crippen LogP contribution in [0.15, 0.2) is 138 Å². The van der Waals surface area contributed by atoms with Gasteiger partial charge in [0.2, 0.25) is 0 Å². The maximum Gasteiger partial charge on any atom is 0.255 e. The number of carbonyl (C=O) groups excluding carboxylic acids is 1. The van der Waals surface area contributed by atoms with Crippen LogP contribution in [-0.4, -0.2) is 5.91 Å². The smallest absolute Gasteiger partial charge is 0.255 e. The van der Waals surface area contributed by atoms with Crippen molar-refractivity contribution in [1.82, 2.24) is 0 Å². The van der Waals surface area contributed by atoms with Crippen molar-refractivity contribution in [2.45, 2.75) is 41.5 Å². The first-order valence-electron chi connectivity index (χ1n) is 12.6. The average Bonchev–Trinajstić information content (AvgIpc) is 2.87. The summed E-state index contributed by atoms with van der Waals surface area (Å²) in [7, 11) is 0. The molecule has 0 heterocycles. The molecule has 0 unspecified atom stereocenters. The fraction of sp³-hybridized carbons (Fsp3) is 0.171. The minimum Gasteiger partial charge on any atom is -0.322 e. The maximum absolute atomic E-state index is 12.5. The molecule has 0 radical (unpaired) electrons. The first kappa shape index (κ1) is 29.1. The van der Waals surface area contributed by atoms with Gasteiger partial charge in [-0.2, -0.15) is 0 Å². The number of hydrogen-bond donors (Lipinski definition) is 1. The molecule has 0 aliphatic heterocycles. The Balaban J connectivity index is 1.87. The van der Waals surface area contributed by atoms with Crippen LogP contribution in [0.1, 0.15) is 56.1 Å². The minimum absolute atomic E-state index is 0.110. The summed E-state index contributed by atoms with van der Waals surface area (Å²) in [6.07, 6.45) is 24.9. The van der Waals surface area contributed by atoms with Gasteiger partial charge >= 0.3 is 0 Å². The zero-order valence-electron chi connectivity index (χ0n) is 23.0. The number of rotatable bonds is 10. The highest BCUT2D eigenvalue weighted by Crippen LogP contribution is 2.13. The van der Waals surface area contributed by atoms with Crippen LogP contribution in [0.3, 0.4) is 0 Å². The highest BCUT2D eigenvalue weighted by molar-refractivity contribution is 6.04. The highest BCUT2D eigenvalue weighted by atomic mass is 16.1. The lowest BCUT2D eigenvalue weighted by atomic mass is 10.1. The van der Waals surface area contributed by atoms with Crippen molar-refractivity contribution in [2.75, 3.05) is 5.32 Å². The summed E-state index contributed by atoms with van der Waals surface area (Å²) in [4.78, 5) is 12.5. The standard InChI is InChI=1S/C35H39NO/c1-27(2)11-9-14-28(3)12-7-8-13-29(4)15-10-16-30(5)17-20-32-21-23-33(24-22-32)35(37)36-34-25-18-31(6)19-26-34/h7-26H,1-6H3,(H,36,37)/b8-7+,14-9+,15-10+,20-17+,28-12+,29-13+,30-16+. The second-order valence-electron chi connectivity index (χ2n) is 9.35. The van der Waals surface area contributed by atoms with E-state index in [1.165, 1.54) is 16.7 Å². The van der Waals surface area contributed by atoms with E-state index in [1.807, 2.05) is 61.5 Å². The molecule has 2 nitrogen and oxygen atoms in total. The Morgan fingerprint density at radius 3 is 1.70 bits per heavy atom. The number of carbonyl (C=O) groups is 1. The predicted molar refractivity (Wildman–Crippen MR) is 163 cm³/mol. The summed E-state index contributed by atoms with van der Waals surface area (Å²) < 4.78 is 0. The number of amides is 1. The molecule has 0 aliphatic carbocycles. The Kier molecular flexibility index (Phi) is 12.4. The molecular formula is C35H39NO. The quantitative estimate of drug-likeness (QED) is 0.331.